The number of aromatic nitrogens is 2. The van der Waals surface area contributed by atoms with E-state index >= 15 is 0 Å². The molecule has 0 spiro atoms. The lowest BCUT2D eigenvalue weighted by atomic mass is 10.1. The van der Waals surface area contributed by atoms with Crippen LogP contribution in [0.25, 0.3) is 22.0 Å². The summed E-state index contributed by atoms with van der Waals surface area (Å²) in [6.45, 7) is 3.17. The fraction of sp³-hybridized carbons (Fsp3) is 0.222. The third-order valence-electron chi connectivity index (χ3n) is 3.37. The molecule has 0 aliphatic carbocycles. The Bertz CT molecular complexity index is 783. The van der Waals surface area contributed by atoms with Gasteiger partial charge in [-0.15, -0.1) is 0 Å². The maximum atomic E-state index is 13.2. The first-order valence-corrected chi connectivity index (χ1v) is 7.80. The molecule has 5 nitrogen and oxygen atoms in total. The maximum Gasteiger partial charge on any atom is 0.133 e. The first-order valence-electron chi connectivity index (χ1n) is 7.80. The highest BCUT2D eigenvalue weighted by molar-refractivity contribution is 5.95. The van der Waals surface area contributed by atoms with Gasteiger partial charge in [-0.2, -0.15) is 0 Å². The Balaban J connectivity index is 0.000000471. The molecule has 0 bridgehead atoms. The zero-order valence-corrected chi connectivity index (χ0v) is 13.6. The normalized spacial score (nSPS) is 10.1. The number of aromatic amines is 1. The van der Waals surface area contributed by atoms with Crippen LogP contribution in [0.1, 0.15) is 13.3 Å². The summed E-state index contributed by atoms with van der Waals surface area (Å²) in [5.41, 5.74) is 7.51. The SMILES string of the molecule is CCCNc1ccc(-c2c[nH]c3cc(F)ccc23)cn1.NCC=O. The van der Waals surface area contributed by atoms with Gasteiger partial charge >= 0.3 is 0 Å². The van der Waals surface area contributed by atoms with Gasteiger partial charge in [-0.05, 0) is 36.8 Å². The smallest absolute Gasteiger partial charge is 0.133 e. The minimum Gasteiger partial charge on any atom is -0.370 e. The van der Waals surface area contributed by atoms with Crippen LogP contribution in [0.3, 0.4) is 0 Å². The number of nitrogens with one attached hydrogen (secondary N) is 2. The van der Waals surface area contributed by atoms with E-state index in [1.54, 1.807) is 6.07 Å². The molecule has 1 aromatic carbocycles. The molecule has 0 amide bonds. The van der Waals surface area contributed by atoms with Crippen molar-refractivity contribution in [3.05, 3.63) is 48.5 Å². The molecule has 3 rings (SSSR count). The second-order valence-corrected chi connectivity index (χ2v) is 5.15. The lowest BCUT2D eigenvalue weighted by molar-refractivity contribution is -0.106. The van der Waals surface area contributed by atoms with E-state index in [9.17, 15) is 4.39 Å². The van der Waals surface area contributed by atoms with E-state index in [0.717, 1.165) is 40.8 Å². The van der Waals surface area contributed by atoms with Gasteiger partial charge in [-0.3, -0.25) is 0 Å². The van der Waals surface area contributed by atoms with E-state index in [2.05, 4.69) is 27.9 Å². The average Bonchev–Trinajstić information content (AvgIpc) is 3.03. The van der Waals surface area contributed by atoms with Gasteiger partial charge in [-0.1, -0.05) is 6.92 Å². The molecule has 6 heteroatoms. The number of halogens is 1. The van der Waals surface area contributed by atoms with Crippen molar-refractivity contribution in [3.8, 4) is 11.1 Å². The van der Waals surface area contributed by atoms with E-state index in [1.807, 2.05) is 24.5 Å². The second kappa shape index (κ2) is 8.79. The van der Waals surface area contributed by atoms with Gasteiger partial charge in [-0.25, -0.2) is 9.37 Å². The van der Waals surface area contributed by atoms with Crippen LogP contribution in [-0.4, -0.2) is 29.3 Å². The lowest BCUT2D eigenvalue weighted by Crippen LogP contribution is -2.01. The van der Waals surface area contributed by atoms with Crippen molar-refractivity contribution < 1.29 is 9.18 Å². The van der Waals surface area contributed by atoms with Crippen molar-refractivity contribution in [2.75, 3.05) is 18.4 Å². The highest BCUT2D eigenvalue weighted by atomic mass is 19.1. The first-order chi connectivity index (χ1) is 11.7. The summed E-state index contributed by atoms with van der Waals surface area (Å²) < 4.78 is 13.2. The Hall–Kier alpha value is -2.73. The van der Waals surface area contributed by atoms with Crippen LogP contribution < -0.4 is 11.1 Å². The monoisotopic (exact) mass is 328 g/mol. The largest absolute Gasteiger partial charge is 0.370 e. The van der Waals surface area contributed by atoms with Gasteiger partial charge in [0.2, 0.25) is 0 Å². The van der Waals surface area contributed by atoms with Crippen molar-refractivity contribution in [1.29, 1.82) is 0 Å². The highest BCUT2D eigenvalue weighted by Crippen LogP contribution is 2.28. The second-order valence-electron chi connectivity index (χ2n) is 5.15. The Labute approximate surface area is 140 Å². The summed E-state index contributed by atoms with van der Waals surface area (Å²) in [7, 11) is 0. The van der Waals surface area contributed by atoms with Gasteiger partial charge in [0.15, 0.2) is 0 Å². The van der Waals surface area contributed by atoms with Gasteiger partial charge in [0.1, 0.15) is 17.9 Å². The highest BCUT2D eigenvalue weighted by Gasteiger charge is 2.07. The number of anilines is 1. The first kappa shape index (κ1) is 17.6. The van der Waals surface area contributed by atoms with Crippen molar-refractivity contribution >= 4 is 23.0 Å². The quantitative estimate of drug-likeness (QED) is 0.627. The van der Waals surface area contributed by atoms with Crippen molar-refractivity contribution in [3.63, 3.8) is 0 Å². The number of rotatable bonds is 5. The molecule has 0 saturated heterocycles. The van der Waals surface area contributed by atoms with Crippen molar-refractivity contribution in [2.24, 2.45) is 5.73 Å². The number of nitrogens with zero attached hydrogens (tertiary/aromatic N) is 1. The Morgan fingerprint density at radius 3 is 2.75 bits per heavy atom. The van der Waals surface area contributed by atoms with E-state index < -0.39 is 0 Å². The van der Waals surface area contributed by atoms with Gasteiger partial charge in [0.05, 0.1) is 0 Å². The van der Waals surface area contributed by atoms with Crippen LogP contribution >= 0.6 is 0 Å². The van der Waals surface area contributed by atoms with E-state index in [-0.39, 0.29) is 12.4 Å². The molecule has 0 fully saturated rings. The fourth-order valence-electron chi connectivity index (χ4n) is 2.25. The van der Waals surface area contributed by atoms with Crippen LogP contribution in [0.5, 0.6) is 0 Å². The minimum absolute atomic E-state index is 0.139. The number of benzene rings is 1. The predicted molar refractivity (Wildman–Crippen MR) is 95.4 cm³/mol. The maximum absolute atomic E-state index is 13.2. The molecule has 24 heavy (non-hydrogen) atoms. The van der Waals surface area contributed by atoms with Gasteiger partial charge < -0.3 is 20.8 Å². The van der Waals surface area contributed by atoms with E-state index in [0.29, 0.717) is 6.29 Å². The number of carbonyl (C=O) groups excluding carboxylic acids is 1. The molecule has 0 saturated carbocycles. The minimum atomic E-state index is -0.233. The van der Waals surface area contributed by atoms with Crippen molar-refractivity contribution in [2.45, 2.75) is 13.3 Å². The Morgan fingerprint density at radius 1 is 1.33 bits per heavy atom. The summed E-state index contributed by atoms with van der Waals surface area (Å²) in [5.74, 6) is 0.643. The number of pyridine rings is 1. The molecule has 4 N–H and O–H groups in total. The molecule has 2 heterocycles. The molecule has 3 aromatic rings. The van der Waals surface area contributed by atoms with E-state index in [1.165, 1.54) is 12.1 Å². The van der Waals surface area contributed by atoms with Gasteiger partial charge in [0.25, 0.3) is 0 Å². The van der Waals surface area contributed by atoms with Crippen LogP contribution in [0.15, 0.2) is 42.7 Å². The van der Waals surface area contributed by atoms with Crippen LogP contribution in [0.4, 0.5) is 10.2 Å². The summed E-state index contributed by atoms with van der Waals surface area (Å²) in [6.07, 6.45) is 5.45. The number of nitrogens with two attached hydrogens (primary N) is 1. The molecule has 0 aliphatic rings. The number of H-pyrrole nitrogens is 1. The molecule has 0 atom stereocenters. The number of carbonyl (C=O) groups is 1. The topological polar surface area (TPSA) is 83.8 Å². The zero-order chi connectivity index (χ0) is 17.4. The standard InChI is InChI=1S/C16H16FN3.C2H5NO/c1-2-7-18-16-6-3-11(9-20-16)14-10-19-15-8-12(17)4-5-13(14)15;3-1-2-4/h3-6,8-10,19H,2,7H2,1H3,(H,18,20);2H,1,3H2. The molecule has 0 radical (unpaired) electrons. The van der Waals surface area contributed by atoms with Crippen LogP contribution in [0, 0.1) is 5.82 Å². The number of hydrogen-bond donors (Lipinski definition) is 3. The molecular weight excluding hydrogens is 307 g/mol. The molecule has 0 aliphatic heterocycles. The van der Waals surface area contributed by atoms with Crippen LogP contribution in [0.2, 0.25) is 0 Å². The Morgan fingerprint density at radius 2 is 2.12 bits per heavy atom. The molecule has 2 aromatic heterocycles. The van der Waals surface area contributed by atoms with Crippen molar-refractivity contribution in [1.82, 2.24) is 9.97 Å². The number of fused-ring (bicyclic) bond motifs is 1. The third kappa shape index (κ3) is 4.39. The third-order valence-corrected chi connectivity index (χ3v) is 3.37. The zero-order valence-electron chi connectivity index (χ0n) is 13.6. The van der Waals surface area contributed by atoms with Gasteiger partial charge in [0, 0.05) is 47.5 Å². The number of hydrogen-bond acceptors (Lipinski definition) is 4. The lowest BCUT2D eigenvalue weighted by Gasteiger charge is -2.04. The Kier molecular flexibility index (Phi) is 6.45. The molecular formula is C18H21FN4O. The molecule has 126 valence electrons. The van der Waals surface area contributed by atoms with Crippen LogP contribution in [-0.2, 0) is 4.79 Å². The number of aldehydes is 1. The average molecular weight is 328 g/mol. The van der Waals surface area contributed by atoms with E-state index in [4.69, 9.17) is 4.79 Å². The summed E-state index contributed by atoms with van der Waals surface area (Å²) in [5, 5.41) is 4.25. The predicted octanol–water partition coefficient (Wildman–Crippen LogP) is 3.33. The summed E-state index contributed by atoms with van der Waals surface area (Å²) in [6, 6.07) is 8.76. The summed E-state index contributed by atoms with van der Waals surface area (Å²) in [4.78, 5) is 16.5. The molecule has 0 unspecified atom stereocenters. The summed E-state index contributed by atoms with van der Waals surface area (Å²) >= 11 is 0. The fourth-order valence-corrected chi connectivity index (χ4v) is 2.25.